The van der Waals surface area contributed by atoms with E-state index < -0.39 is 37.3 Å². The largest absolute Gasteiger partial charge is 0.493 e. The smallest absolute Gasteiger partial charge is 0.229 e. The van der Waals surface area contributed by atoms with Crippen LogP contribution in [-0.4, -0.2) is 83.7 Å². The van der Waals surface area contributed by atoms with Crippen LogP contribution in [0.25, 0.3) is 0 Å². The van der Waals surface area contributed by atoms with Crippen LogP contribution in [0, 0.1) is 5.92 Å². The van der Waals surface area contributed by atoms with Crippen LogP contribution in [0.4, 0.5) is 0 Å². The Morgan fingerprint density at radius 1 is 0.917 bits per heavy atom. The van der Waals surface area contributed by atoms with Gasteiger partial charge in [-0.3, -0.25) is 0 Å². The number of rotatable bonds is 9. The zero-order valence-electron chi connectivity index (χ0n) is 20.5. The van der Waals surface area contributed by atoms with Crippen molar-refractivity contribution >= 4 is 0 Å². The number of ether oxygens (including phenoxy) is 5. The lowest BCUT2D eigenvalue weighted by molar-refractivity contribution is -0.277. The van der Waals surface area contributed by atoms with Gasteiger partial charge in [0.1, 0.15) is 30.7 Å². The van der Waals surface area contributed by atoms with Crippen molar-refractivity contribution in [3.8, 4) is 11.5 Å². The third-order valence-corrected chi connectivity index (χ3v) is 6.98. The van der Waals surface area contributed by atoms with Crippen molar-refractivity contribution in [3.05, 3.63) is 58.8 Å². The van der Waals surface area contributed by atoms with Gasteiger partial charge in [0.05, 0.1) is 33.7 Å². The molecule has 1 fully saturated rings. The van der Waals surface area contributed by atoms with Gasteiger partial charge in [0, 0.05) is 23.0 Å². The molecular weight excluding hydrogens is 472 g/mol. The molecule has 1 aromatic rings. The fraction of sp³-hybridized carbons (Fsp3) is 0.538. The third-order valence-electron chi connectivity index (χ3n) is 6.98. The lowest BCUT2D eigenvalue weighted by Crippen LogP contribution is -2.60. The zero-order valence-corrected chi connectivity index (χ0v) is 20.5. The second kappa shape index (κ2) is 11.2. The summed E-state index contributed by atoms with van der Waals surface area (Å²) < 4.78 is 27.9. The highest BCUT2D eigenvalue weighted by Gasteiger charge is 2.45. The zero-order chi connectivity index (χ0) is 26.0. The first-order chi connectivity index (χ1) is 17.4. The van der Waals surface area contributed by atoms with E-state index in [0.717, 1.165) is 35.1 Å². The van der Waals surface area contributed by atoms with E-state index in [1.807, 2.05) is 6.07 Å². The highest BCUT2D eigenvalue weighted by atomic mass is 16.7. The molecule has 0 radical (unpaired) electrons. The topological polar surface area (TPSA) is 147 Å². The summed E-state index contributed by atoms with van der Waals surface area (Å²) in [5, 5.41) is 50.2. The monoisotopic (exact) mass is 506 g/mol. The molecule has 1 aliphatic carbocycles. The van der Waals surface area contributed by atoms with Gasteiger partial charge in [0.25, 0.3) is 0 Å². The average molecular weight is 507 g/mol. The molecule has 1 saturated heterocycles. The van der Waals surface area contributed by atoms with E-state index in [2.05, 4.69) is 6.92 Å². The summed E-state index contributed by atoms with van der Waals surface area (Å²) >= 11 is 0. The third kappa shape index (κ3) is 4.60. The summed E-state index contributed by atoms with van der Waals surface area (Å²) in [6.07, 6.45) is -2.11. The summed E-state index contributed by atoms with van der Waals surface area (Å²) in [5.41, 5.74) is 3.85. The van der Waals surface area contributed by atoms with Crippen LogP contribution in [0.5, 0.6) is 11.5 Å². The Hall–Kier alpha value is -2.60. The minimum Gasteiger partial charge on any atom is -0.493 e. The summed E-state index contributed by atoms with van der Waals surface area (Å²) in [7, 11) is 3.06. The fourth-order valence-electron chi connectivity index (χ4n) is 5.23. The first kappa shape index (κ1) is 26.5. The van der Waals surface area contributed by atoms with E-state index in [1.165, 1.54) is 7.11 Å². The van der Waals surface area contributed by atoms with Gasteiger partial charge in [-0.25, -0.2) is 0 Å². The van der Waals surface area contributed by atoms with Crippen LogP contribution in [-0.2, 0) is 14.2 Å². The maximum atomic E-state index is 10.4. The lowest BCUT2D eigenvalue weighted by atomic mass is 9.82. The normalized spacial score (nSPS) is 31.8. The molecule has 0 aromatic heterocycles. The number of methoxy groups -OCH3 is 2. The first-order valence-corrected chi connectivity index (χ1v) is 12.0. The summed E-state index contributed by atoms with van der Waals surface area (Å²) in [6, 6.07) is 5.32. The predicted octanol–water partition coefficient (Wildman–Crippen LogP) is 1.08. The van der Waals surface area contributed by atoms with Crippen molar-refractivity contribution in [1.29, 1.82) is 0 Å². The fourth-order valence-corrected chi connectivity index (χ4v) is 5.23. The molecule has 0 saturated carbocycles. The van der Waals surface area contributed by atoms with Gasteiger partial charge in [-0.2, -0.15) is 0 Å². The van der Waals surface area contributed by atoms with Gasteiger partial charge in [-0.1, -0.05) is 25.0 Å². The Kier molecular flexibility index (Phi) is 8.23. The van der Waals surface area contributed by atoms with Crippen LogP contribution in [0.2, 0.25) is 0 Å². The van der Waals surface area contributed by atoms with E-state index in [-0.39, 0.29) is 24.2 Å². The number of hydrogen-bond acceptors (Lipinski definition) is 10. The van der Waals surface area contributed by atoms with Gasteiger partial charge in [0.2, 0.25) is 6.29 Å². The van der Waals surface area contributed by atoms with Gasteiger partial charge in [-0.15, -0.1) is 0 Å². The molecule has 10 heteroatoms. The first-order valence-electron chi connectivity index (χ1n) is 12.0. The van der Waals surface area contributed by atoms with Crippen molar-refractivity contribution in [3.63, 3.8) is 0 Å². The van der Waals surface area contributed by atoms with Gasteiger partial charge in [-0.05, 0) is 24.1 Å². The maximum absolute atomic E-state index is 10.4. The molecule has 0 bridgehead atoms. The number of aliphatic hydroxyl groups is 5. The number of allylic oxidation sites excluding steroid dienone is 2. The maximum Gasteiger partial charge on any atom is 0.229 e. The molecule has 198 valence electrons. The van der Waals surface area contributed by atoms with Gasteiger partial charge < -0.3 is 49.2 Å². The molecular formula is C26H34O10. The molecule has 0 spiro atoms. The van der Waals surface area contributed by atoms with Crippen LogP contribution >= 0.6 is 0 Å². The second-order valence-electron chi connectivity index (χ2n) is 9.04. The Bertz CT molecular complexity index is 1030. The Balaban J connectivity index is 1.68. The van der Waals surface area contributed by atoms with Crippen LogP contribution in [0.1, 0.15) is 31.2 Å². The van der Waals surface area contributed by atoms with E-state index in [0.29, 0.717) is 11.5 Å². The molecule has 0 amide bonds. The van der Waals surface area contributed by atoms with Crippen molar-refractivity contribution < 1.29 is 49.2 Å². The molecule has 4 rings (SSSR count). The SMILES string of the molecule is CCCC1=C2C(OC)=COC=C2C(CO)C1c1ccc(O[C@H]2O[C@@H](CO)[C@H](O)[C@@H](O)[C@@H]2O)c(OC)c1. The van der Waals surface area contributed by atoms with Crippen molar-refractivity contribution in [1.82, 2.24) is 0 Å². The van der Waals surface area contributed by atoms with E-state index in [9.17, 15) is 25.5 Å². The van der Waals surface area contributed by atoms with Gasteiger partial charge in [0.15, 0.2) is 17.3 Å². The summed E-state index contributed by atoms with van der Waals surface area (Å²) in [6.45, 7) is 1.43. The van der Waals surface area contributed by atoms with Crippen LogP contribution in [0.15, 0.2) is 53.2 Å². The molecule has 3 aliphatic rings. The quantitative estimate of drug-likeness (QED) is 0.330. The van der Waals surface area contributed by atoms with E-state index in [4.69, 9.17) is 23.7 Å². The van der Waals surface area contributed by atoms with Crippen molar-refractivity contribution in [2.24, 2.45) is 5.92 Å². The number of benzene rings is 1. The Morgan fingerprint density at radius 3 is 2.33 bits per heavy atom. The molecule has 10 nitrogen and oxygen atoms in total. The molecule has 5 N–H and O–H groups in total. The number of hydrogen-bond donors (Lipinski definition) is 5. The molecule has 2 aliphatic heterocycles. The van der Waals surface area contributed by atoms with Crippen LogP contribution < -0.4 is 9.47 Å². The molecule has 36 heavy (non-hydrogen) atoms. The Morgan fingerprint density at radius 2 is 1.69 bits per heavy atom. The molecule has 7 atom stereocenters. The minimum atomic E-state index is -1.56. The number of aliphatic hydroxyl groups excluding tert-OH is 5. The lowest BCUT2D eigenvalue weighted by Gasteiger charge is -2.39. The van der Waals surface area contributed by atoms with Crippen molar-refractivity contribution in [2.75, 3.05) is 27.4 Å². The van der Waals surface area contributed by atoms with Gasteiger partial charge >= 0.3 is 0 Å². The predicted molar refractivity (Wildman–Crippen MR) is 127 cm³/mol. The molecule has 2 unspecified atom stereocenters. The standard InChI is InChI=1S/C26H34O10/c1-4-5-14-21(15(9-27)16-11-34-12-20(33-3)22(14)16)13-6-7-17(18(8-13)32-2)35-26-25(31)24(30)23(29)19(10-28)36-26/h6-8,11-12,15,19,21,23-31H,4-5,9-10H2,1-3H3/t15?,19-,21?,23-,24+,25-,26-/m0/s1. The van der Waals surface area contributed by atoms with Crippen molar-refractivity contribution in [2.45, 2.75) is 56.4 Å². The molecule has 1 aromatic carbocycles. The van der Waals surface area contributed by atoms with Crippen LogP contribution in [0.3, 0.4) is 0 Å². The van der Waals surface area contributed by atoms with E-state index >= 15 is 0 Å². The second-order valence-corrected chi connectivity index (χ2v) is 9.04. The minimum absolute atomic E-state index is 0.0982. The number of fused-ring (bicyclic) bond motifs is 1. The Labute approximate surface area is 209 Å². The highest BCUT2D eigenvalue weighted by molar-refractivity contribution is 5.60. The van der Waals surface area contributed by atoms with E-state index in [1.54, 1.807) is 31.8 Å². The average Bonchev–Trinajstić information content (AvgIpc) is 3.22. The summed E-state index contributed by atoms with van der Waals surface area (Å²) in [4.78, 5) is 0. The highest BCUT2D eigenvalue weighted by Crippen LogP contribution is 2.53. The molecule has 2 heterocycles. The summed E-state index contributed by atoms with van der Waals surface area (Å²) in [5.74, 6) is 0.802.